The first-order chi connectivity index (χ1) is 8.27. The van der Waals surface area contributed by atoms with Gasteiger partial charge in [0.05, 0.1) is 11.2 Å². The van der Waals surface area contributed by atoms with Gasteiger partial charge in [-0.05, 0) is 44.9 Å². The molecule has 3 heteroatoms. The molecule has 0 saturated heterocycles. The van der Waals surface area contributed by atoms with Gasteiger partial charge in [-0.2, -0.15) is 0 Å². The van der Waals surface area contributed by atoms with E-state index >= 15 is 0 Å². The number of hydrogen-bond acceptors (Lipinski definition) is 3. The van der Waals surface area contributed by atoms with Gasteiger partial charge in [0.1, 0.15) is 5.01 Å². The Bertz CT molecular complexity index is 381. The molecule has 3 rings (SSSR count). The zero-order valence-electron chi connectivity index (χ0n) is 10.9. The lowest BCUT2D eigenvalue weighted by Crippen LogP contribution is -2.42. The second-order valence-electron chi connectivity index (χ2n) is 5.45. The van der Waals surface area contributed by atoms with Gasteiger partial charge < -0.3 is 5.32 Å². The van der Waals surface area contributed by atoms with Gasteiger partial charge in [0, 0.05) is 10.9 Å². The number of rotatable bonds is 5. The molecule has 1 aromatic rings. The Morgan fingerprint density at radius 3 is 2.65 bits per heavy atom. The Labute approximate surface area is 108 Å². The molecule has 1 saturated carbocycles. The second-order valence-corrected chi connectivity index (χ2v) is 6.53. The average molecular weight is 250 g/mol. The normalized spacial score (nSPS) is 19.6. The molecule has 1 N–H and O–H groups in total. The molecule has 94 valence electrons. The van der Waals surface area contributed by atoms with Crippen LogP contribution >= 0.6 is 11.3 Å². The van der Waals surface area contributed by atoms with Gasteiger partial charge in [0.15, 0.2) is 0 Å². The molecule has 2 nitrogen and oxygen atoms in total. The molecule has 0 radical (unpaired) electrons. The molecule has 2 aliphatic carbocycles. The first kappa shape index (κ1) is 11.7. The molecular formula is C14H22N2S. The summed E-state index contributed by atoms with van der Waals surface area (Å²) in [7, 11) is 0. The van der Waals surface area contributed by atoms with Crippen LogP contribution in [0.4, 0.5) is 0 Å². The van der Waals surface area contributed by atoms with E-state index in [9.17, 15) is 0 Å². The third-order valence-electron chi connectivity index (χ3n) is 4.27. The van der Waals surface area contributed by atoms with Gasteiger partial charge in [-0.25, -0.2) is 4.98 Å². The summed E-state index contributed by atoms with van der Waals surface area (Å²) in [5, 5.41) is 5.22. The van der Waals surface area contributed by atoms with Crippen LogP contribution in [0.1, 0.15) is 61.5 Å². The van der Waals surface area contributed by atoms with Gasteiger partial charge in [-0.15, -0.1) is 11.3 Å². The second kappa shape index (κ2) is 4.36. The Hall–Kier alpha value is -0.410. The Morgan fingerprint density at radius 1 is 1.29 bits per heavy atom. The number of fused-ring (bicyclic) bond motifs is 1. The molecule has 0 atom stereocenters. The first-order valence-corrected chi connectivity index (χ1v) is 7.86. The number of aromatic nitrogens is 1. The maximum absolute atomic E-state index is 4.94. The largest absolute Gasteiger partial charge is 0.303 e. The van der Waals surface area contributed by atoms with Crippen LogP contribution in [0.25, 0.3) is 0 Å². The topological polar surface area (TPSA) is 24.9 Å². The fraction of sp³-hybridized carbons (Fsp3) is 0.786. The third kappa shape index (κ3) is 2.04. The van der Waals surface area contributed by atoms with Crippen molar-refractivity contribution in [1.82, 2.24) is 10.3 Å². The maximum atomic E-state index is 4.94. The molecule has 17 heavy (non-hydrogen) atoms. The molecular weight excluding hydrogens is 228 g/mol. The average Bonchev–Trinajstić information content (AvgIpc) is 2.88. The molecule has 0 unspecified atom stereocenters. The molecule has 1 heterocycles. The van der Waals surface area contributed by atoms with Crippen molar-refractivity contribution in [2.24, 2.45) is 0 Å². The molecule has 1 fully saturated rings. The van der Waals surface area contributed by atoms with Gasteiger partial charge in [-0.1, -0.05) is 13.8 Å². The third-order valence-corrected chi connectivity index (χ3v) is 5.63. The van der Waals surface area contributed by atoms with Crippen LogP contribution in [0.15, 0.2) is 0 Å². The smallest absolute Gasteiger partial charge is 0.113 e. The van der Waals surface area contributed by atoms with Crippen LogP contribution in [0.2, 0.25) is 0 Å². The van der Waals surface area contributed by atoms with E-state index in [0.717, 1.165) is 18.9 Å². The zero-order valence-corrected chi connectivity index (χ0v) is 11.7. The van der Waals surface area contributed by atoms with E-state index in [-0.39, 0.29) is 5.54 Å². The maximum Gasteiger partial charge on any atom is 0.113 e. The number of nitrogens with zero attached hydrogens (tertiary/aromatic N) is 1. The summed E-state index contributed by atoms with van der Waals surface area (Å²) < 4.78 is 0. The summed E-state index contributed by atoms with van der Waals surface area (Å²) in [6.45, 7) is 4.59. The minimum absolute atomic E-state index is 0.163. The summed E-state index contributed by atoms with van der Waals surface area (Å²) in [4.78, 5) is 6.50. The molecule has 0 aliphatic heterocycles. The lowest BCUT2D eigenvalue weighted by molar-refractivity contribution is 0.303. The number of hydrogen-bond donors (Lipinski definition) is 1. The Balaban J connectivity index is 1.90. The Kier molecular flexibility index (Phi) is 2.99. The molecule has 0 aromatic carbocycles. The quantitative estimate of drug-likeness (QED) is 0.866. The van der Waals surface area contributed by atoms with E-state index in [1.165, 1.54) is 42.8 Å². The first-order valence-electron chi connectivity index (χ1n) is 7.04. The van der Waals surface area contributed by atoms with Crippen molar-refractivity contribution in [2.75, 3.05) is 0 Å². The van der Waals surface area contributed by atoms with Gasteiger partial charge in [-0.3, -0.25) is 0 Å². The zero-order chi connectivity index (χ0) is 11.9. The summed E-state index contributed by atoms with van der Waals surface area (Å²) in [5.74, 6) is 0. The van der Waals surface area contributed by atoms with Crippen LogP contribution in [0.5, 0.6) is 0 Å². The van der Waals surface area contributed by atoms with E-state index < -0.39 is 0 Å². The molecule has 0 bridgehead atoms. The fourth-order valence-corrected chi connectivity index (χ4v) is 4.28. The van der Waals surface area contributed by atoms with E-state index in [0.29, 0.717) is 0 Å². The van der Waals surface area contributed by atoms with Crippen molar-refractivity contribution in [3.63, 3.8) is 0 Å². The van der Waals surface area contributed by atoms with Gasteiger partial charge in [0.25, 0.3) is 0 Å². The monoisotopic (exact) mass is 250 g/mol. The van der Waals surface area contributed by atoms with Crippen molar-refractivity contribution in [2.45, 2.75) is 70.4 Å². The van der Waals surface area contributed by atoms with E-state index in [2.05, 4.69) is 19.2 Å². The van der Waals surface area contributed by atoms with Crippen molar-refractivity contribution in [3.8, 4) is 0 Å². The summed E-state index contributed by atoms with van der Waals surface area (Å²) in [5.41, 5.74) is 1.56. The Morgan fingerprint density at radius 2 is 2.06 bits per heavy atom. The highest BCUT2D eigenvalue weighted by Gasteiger charge is 2.38. The SMILES string of the molecule is CCC(CC)(NC1CC1)c1nc2c(s1)CCC2. The minimum Gasteiger partial charge on any atom is -0.303 e. The van der Waals surface area contributed by atoms with Crippen LogP contribution in [-0.4, -0.2) is 11.0 Å². The van der Waals surface area contributed by atoms with Crippen molar-refractivity contribution < 1.29 is 0 Å². The minimum atomic E-state index is 0.163. The summed E-state index contributed by atoms with van der Waals surface area (Å²) in [6, 6.07) is 0.758. The van der Waals surface area contributed by atoms with Crippen molar-refractivity contribution in [3.05, 3.63) is 15.6 Å². The number of thiazole rings is 1. The number of nitrogens with one attached hydrogen (secondary N) is 1. The van der Waals surface area contributed by atoms with Crippen LogP contribution < -0.4 is 5.32 Å². The van der Waals surface area contributed by atoms with E-state index in [1.54, 1.807) is 4.88 Å². The van der Waals surface area contributed by atoms with Crippen molar-refractivity contribution in [1.29, 1.82) is 0 Å². The molecule has 1 aromatic heterocycles. The van der Waals surface area contributed by atoms with Crippen LogP contribution in [0.3, 0.4) is 0 Å². The van der Waals surface area contributed by atoms with E-state index in [1.807, 2.05) is 11.3 Å². The molecule has 0 spiro atoms. The highest BCUT2D eigenvalue weighted by atomic mass is 32.1. The van der Waals surface area contributed by atoms with Gasteiger partial charge >= 0.3 is 0 Å². The summed E-state index contributed by atoms with van der Waals surface area (Å²) >= 11 is 1.97. The molecule has 0 amide bonds. The van der Waals surface area contributed by atoms with Crippen molar-refractivity contribution >= 4 is 11.3 Å². The standard InChI is InChI=1S/C14H22N2S/c1-3-14(4-2,16-10-8-9-10)13-15-11-6-5-7-12(11)17-13/h10,16H,3-9H2,1-2H3. The van der Waals surface area contributed by atoms with Crippen LogP contribution in [-0.2, 0) is 18.4 Å². The van der Waals surface area contributed by atoms with Crippen LogP contribution in [0, 0.1) is 0 Å². The lowest BCUT2D eigenvalue weighted by atomic mass is 9.93. The summed E-state index contributed by atoms with van der Waals surface area (Å²) in [6.07, 6.45) is 8.81. The predicted molar refractivity (Wildman–Crippen MR) is 72.6 cm³/mol. The molecule has 2 aliphatic rings. The highest BCUT2D eigenvalue weighted by Crippen LogP contribution is 2.39. The predicted octanol–water partition coefficient (Wildman–Crippen LogP) is 3.40. The fourth-order valence-electron chi connectivity index (χ4n) is 2.83. The van der Waals surface area contributed by atoms with Gasteiger partial charge in [0.2, 0.25) is 0 Å². The lowest BCUT2D eigenvalue weighted by Gasteiger charge is -2.31. The highest BCUT2D eigenvalue weighted by molar-refractivity contribution is 7.12. The van der Waals surface area contributed by atoms with E-state index in [4.69, 9.17) is 4.98 Å². The number of aryl methyl sites for hydroxylation is 2.